The van der Waals surface area contributed by atoms with Crippen molar-refractivity contribution in [2.24, 2.45) is 5.92 Å². The van der Waals surface area contributed by atoms with Crippen molar-refractivity contribution in [2.45, 2.75) is 38.5 Å². The first-order valence-corrected chi connectivity index (χ1v) is 11.3. The summed E-state index contributed by atoms with van der Waals surface area (Å²) in [5.41, 5.74) is 0.795. The molecule has 0 N–H and O–H groups in total. The van der Waals surface area contributed by atoms with Crippen molar-refractivity contribution in [1.29, 1.82) is 0 Å². The summed E-state index contributed by atoms with van der Waals surface area (Å²) in [6.07, 6.45) is 9.46. The number of ether oxygens (including phenoxy) is 2. The number of halogens is 1. The summed E-state index contributed by atoms with van der Waals surface area (Å²) in [5, 5.41) is 0.479. The lowest BCUT2D eigenvalue weighted by Crippen LogP contribution is -2.44. The van der Waals surface area contributed by atoms with Crippen LogP contribution in [0.2, 0.25) is 5.02 Å². The second-order valence-electron chi connectivity index (χ2n) is 8.20. The molecule has 0 aromatic heterocycles. The Morgan fingerprint density at radius 2 is 1.63 bits per heavy atom. The van der Waals surface area contributed by atoms with E-state index < -0.39 is 0 Å². The number of amides is 2. The van der Waals surface area contributed by atoms with Gasteiger partial charge in [0, 0.05) is 38.2 Å². The number of carbonyl (C=O) groups excluding carboxylic acids is 2. The van der Waals surface area contributed by atoms with E-state index in [4.69, 9.17) is 21.1 Å². The van der Waals surface area contributed by atoms with E-state index >= 15 is 0 Å². The minimum absolute atomic E-state index is 0.0401. The van der Waals surface area contributed by atoms with Gasteiger partial charge in [0.2, 0.25) is 11.8 Å². The first kappa shape index (κ1) is 21.0. The Labute approximate surface area is 182 Å². The van der Waals surface area contributed by atoms with Crippen LogP contribution >= 0.6 is 11.6 Å². The summed E-state index contributed by atoms with van der Waals surface area (Å²) in [4.78, 5) is 29.3. The molecule has 3 aliphatic heterocycles. The van der Waals surface area contributed by atoms with Crippen molar-refractivity contribution in [3.8, 4) is 11.5 Å². The van der Waals surface area contributed by atoms with Crippen molar-refractivity contribution in [1.82, 2.24) is 9.80 Å². The monoisotopic (exact) mass is 432 g/mol. The lowest BCUT2D eigenvalue weighted by atomic mass is 9.95. The van der Waals surface area contributed by atoms with Crippen LogP contribution in [-0.4, -0.2) is 61.0 Å². The molecule has 2 amide bonds. The third-order valence-corrected chi connectivity index (χ3v) is 6.39. The molecule has 1 aromatic carbocycles. The molecule has 6 nitrogen and oxygen atoms in total. The highest BCUT2D eigenvalue weighted by atomic mass is 35.5. The highest BCUT2D eigenvalue weighted by molar-refractivity contribution is 6.32. The maximum absolute atomic E-state index is 12.8. The molecule has 4 rings (SSSR count). The van der Waals surface area contributed by atoms with Gasteiger partial charge in [0.15, 0.2) is 11.5 Å². The van der Waals surface area contributed by atoms with Gasteiger partial charge in [-0.2, -0.15) is 0 Å². The van der Waals surface area contributed by atoms with Crippen molar-refractivity contribution < 1.29 is 19.1 Å². The molecule has 0 atom stereocenters. The summed E-state index contributed by atoms with van der Waals surface area (Å²) in [6, 6.07) is 3.60. The molecule has 0 radical (unpaired) electrons. The summed E-state index contributed by atoms with van der Waals surface area (Å²) in [6.45, 7) is 3.99. The van der Waals surface area contributed by atoms with Gasteiger partial charge in [-0.1, -0.05) is 24.4 Å². The summed E-state index contributed by atoms with van der Waals surface area (Å²) >= 11 is 6.26. The van der Waals surface area contributed by atoms with E-state index in [2.05, 4.69) is 0 Å². The Bertz CT molecular complexity index is 810. The van der Waals surface area contributed by atoms with Crippen molar-refractivity contribution in [3.63, 3.8) is 0 Å². The minimum atomic E-state index is -0.0401. The zero-order chi connectivity index (χ0) is 20.9. The van der Waals surface area contributed by atoms with Crippen molar-refractivity contribution in [2.75, 3.05) is 39.4 Å². The largest absolute Gasteiger partial charge is 0.486 e. The number of likely N-dealkylation sites (tertiary alicyclic amines) is 2. The molecule has 3 aliphatic rings. The minimum Gasteiger partial charge on any atom is -0.486 e. The van der Waals surface area contributed by atoms with Gasteiger partial charge in [-0.3, -0.25) is 9.59 Å². The predicted octanol–water partition coefficient (Wildman–Crippen LogP) is 3.77. The Balaban J connectivity index is 1.31. The molecule has 0 unspecified atom stereocenters. The van der Waals surface area contributed by atoms with Gasteiger partial charge in [0.05, 0.1) is 5.02 Å². The van der Waals surface area contributed by atoms with E-state index in [-0.39, 0.29) is 17.7 Å². The molecule has 162 valence electrons. The maximum Gasteiger partial charge on any atom is 0.246 e. The lowest BCUT2D eigenvalue weighted by Gasteiger charge is -2.33. The highest BCUT2D eigenvalue weighted by Crippen LogP contribution is 2.38. The van der Waals surface area contributed by atoms with Gasteiger partial charge >= 0.3 is 0 Å². The maximum atomic E-state index is 12.8. The molecule has 2 saturated heterocycles. The van der Waals surface area contributed by atoms with E-state index in [0.717, 1.165) is 44.3 Å². The lowest BCUT2D eigenvalue weighted by molar-refractivity contribution is -0.139. The number of hydrogen-bond donors (Lipinski definition) is 0. The van der Waals surface area contributed by atoms with Gasteiger partial charge in [-0.25, -0.2) is 0 Å². The zero-order valence-electron chi connectivity index (χ0n) is 17.3. The van der Waals surface area contributed by atoms with Crippen LogP contribution in [0.25, 0.3) is 6.08 Å². The number of piperidine rings is 1. The average molecular weight is 433 g/mol. The Kier molecular flexibility index (Phi) is 6.82. The number of hydrogen-bond acceptors (Lipinski definition) is 4. The molecule has 2 fully saturated rings. The van der Waals surface area contributed by atoms with Gasteiger partial charge in [0.1, 0.15) is 13.2 Å². The van der Waals surface area contributed by atoms with E-state index in [0.29, 0.717) is 42.8 Å². The van der Waals surface area contributed by atoms with Crippen LogP contribution in [0.15, 0.2) is 18.2 Å². The standard InChI is InChI=1S/C23H29ClN2O4/c24-19-15-17(16-20-22(19)30-14-13-29-20)5-6-21(27)25-11-7-18(8-12-25)23(28)26-9-3-1-2-4-10-26/h5-6,15-16,18H,1-4,7-14H2/b6-5+. The SMILES string of the molecule is O=C(/C=C/c1cc(Cl)c2c(c1)OCCO2)N1CCC(C(=O)N2CCCCCC2)CC1. The Hall–Kier alpha value is -2.21. The first-order chi connectivity index (χ1) is 14.6. The molecule has 0 saturated carbocycles. The quantitative estimate of drug-likeness (QED) is 0.682. The highest BCUT2D eigenvalue weighted by Gasteiger charge is 2.30. The third-order valence-electron chi connectivity index (χ3n) is 6.11. The molecule has 0 spiro atoms. The first-order valence-electron chi connectivity index (χ1n) is 11.0. The van der Waals surface area contributed by atoms with E-state index in [1.165, 1.54) is 12.8 Å². The Morgan fingerprint density at radius 3 is 2.37 bits per heavy atom. The molecule has 3 heterocycles. The smallest absolute Gasteiger partial charge is 0.246 e. The van der Waals surface area contributed by atoms with Crippen LogP contribution in [-0.2, 0) is 9.59 Å². The fraction of sp³-hybridized carbons (Fsp3) is 0.565. The van der Waals surface area contributed by atoms with Crippen LogP contribution in [0, 0.1) is 5.92 Å². The average Bonchev–Trinajstić information content (AvgIpc) is 3.07. The Morgan fingerprint density at radius 1 is 0.933 bits per heavy atom. The number of nitrogens with zero attached hydrogens (tertiary/aromatic N) is 2. The van der Waals surface area contributed by atoms with Crippen molar-refractivity contribution >= 4 is 29.5 Å². The molecule has 0 aliphatic carbocycles. The normalized spacial score (nSPS) is 20.3. The number of fused-ring (bicyclic) bond motifs is 1. The van der Waals surface area contributed by atoms with Crippen LogP contribution in [0.3, 0.4) is 0 Å². The van der Waals surface area contributed by atoms with Crippen LogP contribution in [0.4, 0.5) is 0 Å². The van der Waals surface area contributed by atoms with Crippen LogP contribution in [0.1, 0.15) is 44.1 Å². The van der Waals surface area contributed by atoms with Gasteiger partial charge in [-0.05, 0) is 49.5 Å². The predicted molar refractivity (Wildman–Crippen MR) is 116 cm³/mol. The summed E-state index contributed by atoms with van der Waals surface area (Å²) < 4.78 is 11.1. The van der Waals surface area contributed by atoms with Gasteiger partial charge in [0.25, 0.3) is 0 Å². The van der Waals surface area contributed by atoms with Crippen LogP contribution in [0.5, 0.6) is 11.5 Å². The van der Waals surface area contributed by atoms with Crippen molar-refractivity contribution in [3.05, 3.63) is 28.8 Å². The third kappa shape index (κ3) is 4.91. The number of benzene rings is 1. The molecule has 7 heteroatoms. The fourth-order valence-corrected chi connectivity index (χ4v) is 4.67. The number of carbonyl (C=O) groups is 2. The molecular weight excluding hydrogens is 404 g/mol. The second-order valence-corrected chi connectivity index (χ2v) is 8.61. The molecule has 1 aromatic rings. The topological polar surface area (TPSA) is 59.1 Å². The van der Waals surface area contributed by atoms with Crippen LogP contribution < -0.4 is 9.47 Å². The van der Waals surface area contributed by atoms with E-state index in [1.54, 1.807) is 18.2 Å². The van der Waals surface area contributed by atoms with Gasteiger partial charge < -0.3 is 19.3 Å². The van der Waals surface area contributed by atoms with E-state index in [1.807, 2.05) is 15.9 Å². The summed E-state index contributed by atoms with van der Waals surface area (Å²) in [7, 11) is 0. The second kappa shape index (κ2) is 9.73. The molecular formula is C23H29ClN2O4. The summed E-state index contributed by atoms with van der Waals surface area (Å²) in [5.74, 6) is 1.45. The number of rotatable bonds is 3. The van der Waals surface area contributed by atoms with E-state index in [9.17, 15) is 9.59 Å². The molecule has 30 heavy (non-hydrogen) atoms. The van der Waals surface area contributed by atoms with Gasteiger partial charge in [-0.15, -0.1) is 0 Å². The fourth-order valence-electron chi connectivity index (χ4n) is 4.40. The zero-order valence-corrected chi connectivity index (χ0v) is 18.0. The molecule has 0 bridgehead atoms.